The standard InChI is InChI=1S/C21H28N6O8/c28-17(24-35-15-8-9-25(11-15)18(22-19(29)30)23-20(31)32)16-7-6-14-10-26(16)21(33)27(14)34-12-13-4-2-1-3-5-13/h1-5,14-16,18,22-23H,6-12H2,(H,24,28)(H,29,30)(H,31,32)/t14-,15+,16+/m1/s1. The third kappa shape index (κ3) is 5.90. The number of hydrogen-bond donors (Lipinski definition) is 5. The number of hydroxylamine groups is 3. The molecular weight excluding hydrogens is 464 g/mol. The smallest absolute Gasteiger partial charge is 0.407 e. The summed E-state index contributed by atoms with van der Waals surface area (Å²) in [5.41, 5.74) is 3.35. The second-order valence-electron chi connectivity index (χ2n) is 8.56. The lowest BCUT2D eigenvalue weighted by molar-refractivity contribution is -0.143. The number of carboxylic acid groups (broad SMARTS) is 2. The van der Waals surface area contributed by atoms with Crippen LogP contribution in [0, 0.1) is 0 Å². The summed E-state index contributed by atoms with van der Waals surface area (Å²) in [6.45, 7) is 1.16. The largest absolute Gasteiger partial charge is 0.465 e. The number of fused-ring (bicyclic) bond motifs is 2. The van der Waals surface area contributed by atoms with E-state index in [0.29, 0.717) is 32.4 Å². The maximum atomic E-state index is 12.9. The fourth-order valence-corrected chi connectivity index (χ4v) is 4.54. The number of amides is 5. The number of nitrogens with one attached hydrogen (secondary N) is 3. The lowest BCUT2D eigenvalue weighted by atomic mass is 10.0. The molecule has 3 aliphatic heterocycles. The van der Waals surface area contributed by atoms with Gasteiger partial charge in [0, 0.05) is 19.6 Å². The van der Waals surface area contributed by atoms with Gasteiger partial charge in [0.05, 0.1) is 12.1 Å². The highest BCUT2D eigenvalue weighted by atomic mass is 16.7. The topological polar surface area (TPSA) is 173 Å². The minimum atomic E-state index is -1.38. The van der Waals surface area contributed by atoms with E-state index in [1.807, 2.05) is 30.3 Å². The Labute approximate surface area is 200 Å². The fraction of sp³-hybridized carbons (Fsp3) is 0.524. The van der Waals surface area contributed by atoms with Crippen molar-refractivity contribution < 1.29 is 39.1 Å². The van der Waals surface area contributed by atoms with E-state index in [4.69, 9.17) is 19.9 Å². The Bertz CT molecular complexity index is 933. The summed E-state index contributed by atoms with van der Waals surface area (Å²) < 4.78 is 0. The molecule has 14 nitrogen and oxygen atoms in total. The Morgan fingerprint density at radius 1 is 1.03 bits per heavy atom. The van der Waals surface area contributed by atoms with Gasteiger partial charge in [0.15, 0.2) is 6.29 Å². The van der Waals surface area contributed by atoms with E-state index in [1.165, 1.54) is 14.9 Å². The lowest BCUT2D eigenvalue weighted by Crippen LogP contribution is -2.57. The first-order valence-electron chi connectivity index (χ1n) is 11.3. The molecule has 3 saturated heterocycles. The normalized spacial score (nSPS) is 24.0. The Morgan fingerprint density at radius 3 is 2.43 bits per heavy atom. The highest BCUT2D eigenvalue weighted by Crippen LogP contribution is 2.30. The van der Waals surface area contributed by atoms with Crippen LogP contribution in [0.4, 0.5) is 14.4 Å². The van der Waals surface area contributed by atoms with Crippen LogP contribution >= 0.6 is 0 Å². The van der Waals surface area contributed by atoms with Crippen molar-refractivity contribution in [1.82, 2.24) is 31.0 Å². The molecule has 3 heterocycles. The van der Waals surface area contributed by atoms with Crippen LogP contribution in [-0.4, -0.2) is 93.3 Å². The molecule has 35 heavy (non-hydrogen) atoms. The molecule has 190 valence electrons. The summed E-state index contributed by atoms with van der Waals surface area (Å²) in [5, 5.41) is 23.4. The monoisotopic (exact) mass is 492 g/mol. The molecule has 2 bridgehead atoms. The number of hydrogen-bond acceptors (Lipinski definition) is 7. The molecule has 5 amide bonds. The Balaban J connectivity index is 1.26. The molecule has 3 atom stereocenters. The van der Waals surface area contributed by atoms with Crippen LogP contribution in [0.3, 0.4) is 0 Å². The quantitative estimate of drug-likeness (QED) is 0.240. The molecule has 3 aliphatic rings. The Kier molecular flexibility index (Phi) is 7.53. The van der Waals surface area contributed by atoms with Crippen molar-refractivity contribution in [2.75, 3.05) is 19.6 Å². The van der Waals surface area contributed by atoms with E-state index in [2.05, 4.69) is 16.1 Å². The fourth-order valence-electron chi connectivity index (χ4n) is 4.54. The molecule has 0 radical (unpaired) electrons. The predicted molar refractivity (Wildman–Crippen MR) is 117 cm³/mol. The maximum absolute atomic E-state index is 12.9. The van der Waals surface area contributed by atoms with Crippen LogP contribution in [0.1, 0.15) is 24.8 Å². The van der Waals surface area contributed by atoms with Crippen molar-refractivity contribution in [3.63, 3.8) is 0 Å². The van der Waals surface area contributed by atoms with Crippen molar-refractivity contribution in [3.8, 4) is 0 Å². The molecule has 0 saturated carbocycles. The minimum absolute atomic E-state index is 0.125. The third-order valence-corrected chi connectivity index (χ3v) is 6.23. The number of urea groups is 1. The van der Waals surface area contributed by atoms with Crippen LogP contribution in [-0.2, 0) is 21.1 Å². The molecule has 0 spiro atoms. The van der Waals surface area contributed by atoms with Gasteiger partial charge in [0.25, 0.3) is 5.91 Å². The van der Waals surface area contributed by atoms with E-state index < -0.39 is 36.5 Å². The molecule has 0 aliphatic carbocycles. The molecule has 0 unspecified atom stereocenters. The van der Waals surface area contributed by atoms with Crippen molar-refractivity contribution in [2.45, 2.75) is 50.3 Å². The number of likely N-dealkylation sites (tertiary alicyclic amines) is 1. The number of carbonyl (C=O) groups is 4. The molecule has 14 heteroatoms. The maximum Gasteiger partial charge on any atom is 0.407 e. The lowest BCUT2D eigenvalue weighted by Gasteiger charge is -2.29. The highest BCUT2D eigenvalue weighted by molar-refractivity contribution is 5.88. The summed E-state index contributed by atoms with van der Waals surface area (Å²) in [6.07, 6.45) is -2.88. The highest BCUT2D eigenvalue weighted by Gasteiger charge is 2.48. The van der Waals surface area contributed by atoms with Gasteiger partial charge in [-0.25, -0.2) is 19.9 Å². The van der Waals surface area contributed by atoms with Gasteiger partial charge in [-0.3, -0.25) is 30.0 Å². The van der Waals surface area contributed by atoms with Crippen LogP contribution in [0.15, 0.2) is 30.3 Å². The van der Waals surface area contributed by atoms with Crippen molar-refractivity contribution in [2.24, 2.45) is 0 Å². The number of nitrogens with zero attached hydrogens (tertiary/aromatic N) is 3. The zero-order valence-corrected chi connectivity index (χ0v) is 18.8. The van der Waals surface area contributed by atoms with Gasteiger partial charge in [0.1, 0.15) is 12.6 Å². The van der Waals surface area contributed by atoms with Gasteiger partial charge in [0.2, 0.25) is 0 Å². The first kappa shape index (κ1) is 24.5. The summed E-state index contributed by atoms with van der Waals surface area (Å²) >= 11 is 0. The molecule has 1 aromatic carbocycles. The van der Waals surface area contributed by atoms with E-state index in [0.717, 1.165) is 5.56 Å². The third-order valence-electron chi connectivity index (χ3n) is 6.23. The molecule has 5 N–H and O–H groups in total. The molecule has 1 aromatic rings. The van der Waals surface area contributed by atoms with Gasteiger partial charge < -0.3 is 15.1 Å². The Hall–Kier alpha value is -3.62. The predicted octanol–water partition coefficient (Wildman–Crippen LogP) is 0.328. The molecule has 3 fully saturated rings. The van der Waals surface area contributed by atoms with Crippen molar-refractivity contribution >= 4 is 24.1 Å². The molecule has 4 rings (SSSR count). The SMILES string of the molecule is O=C(O)NC(NC(=O)O)N1CC[C@H](ONC(=O)[C@@H]2CC[C@@H]3CN2C(=O)N3OCc2ccccc2)C1. The van der Waals surface area contributed by atoms with Crippen LogP contribution < -0.4 is 16.1 Å². The number of carbonyl (C=O) groups excluding carboxylic acids is 2. The van der Waals surface area contributed by atoms with Crippen LogP contribution in [0.5, 0.6) is 0 Å². The zero-order valence-electron chi connectivity index (χ0n) is 18.8. The van der Waals surface area contributed by atoms with E-state index in [1.54, 1.807) is 0 Å². The molecule has 0 aromatic heterocycles. The summed E-state index contributed by atoms with van der Waals surface area (Å²) in [4.78, 5) is 61.8. The minimum Gasteiger partial charge on any atom is -0.465 e. The average Bonchev–Trinajstić information content (AvgIpc) is 3.39. The number of rotatable bonds is 9. The molecular formula is C21H28N6O8. The first-order valence-corrected chi connectivity index (χ1v) is 11.3. The summed E-state index contributed by atoms with van der Waals surface area (Å²) in [7, 11) is 0. The van der Waals surface area contributed by atoms with E-state index >= 15 is 0 Å². The number of piperidine rings is 1. The van der Waals surface area contributed by atoms with Crippen LogP contribution in [0.25, 0.3) is 0 Å². The second-order valence-corrected chi connectivity index (χ2v) is 8.56. The first-order chi connectivity index (χ1) is 16.8. The van der Waals surface area contributed by atoms with Gasteiger partial charge in [-0.05, 0) is 24.8 Å². The summed E-state index contributed by atoms with van der Waals surface area (Å²) in [6, 6.07) is 8.30. The van der Waals surface area contributed by atoms with Gasteiger partial charge >= 0.3 is 18.2 Å². The van der Waals surface area contributed by atoms with E-state index in [9.17, 15) is 19.2 Å². The van der Waals surface area contributed by atoms with Crippen molar-refractivity contribution in [3.05, 3.63) is 35.9 Å². The van der Waals surface area contributed by atoms with E-state index in [-0.39, 0.29) is 25.2 Å². The summed E-state index contributed by atoms with van der Waals surface area (Å²) in [5.74, 6) is -0.455. The van der Waals surface area contributed by atoms with Crippen LogP contribution in [0.2, 0.25) is 0 Å². The van der Waals surface area contributed by atoms with Crippen molar-refractivity contribution in [1.29, 1.82) is 0 Å². The average molecular weight is 492 g/mol. The zero-order chi connectivity index (χ0) is 24.9. The van der Waals surface area contributed by atoms with Gasteiger partial charge in [-0.15, -0.1) is 0 Å². The van der Waals surface area contributed by atoms with Gasteiger partial charge in [-0.2, -0.15) is 5.06 Å². The Morgan fingerprint density at radius 2 is 1.74 bits per heavy atom. The van der Waals surface area contributed by atoms with Gasteiger partial charge in [-0.1, -0.05) is 30.3 Å². The number of benzene rings is 1. The second kappa shape index (κ2) is 10.8.